The summed E-state index contributed by atoms with van der Waals surface area (Å²) in [7, 11) is 1.86. The summed E-state index contributed by atoms with van der Waals surface area (Å²) in [5.74, 6) is 0.279. The molecule has 0 unspecified atom stereocenters. The first-order chi connectivity index (χ1) is 14.2. The van der Waals surface area contributed by atoms with Crippen LogP contribution in [0, 0.1) is 12.7 Å². The molecule has 2 aromatic heterocycles. The molecule has 0 atom stereocenters. The van der Waals surface area contributed by atoms with Crippen LogP contribution in [0.15, 0.2) is 36.5 Å². The van der Waals surface area contributed by atoms with Crippen LogP contribution in [0.2, 0.25) is 0 Å². The van der Waals surface area contributed by atoms with Crippen molar-refractivity contribution in [2.75, 3.05) is 5.32 Å². The molecule has 0 fully saturated rings. The third kappa shape index (κ3) is 2.42. The molecule has 5 nitrogen and oxygen atoms in total. The van der Waals surface area contributed by atoms with Crippen molar-refractivity contribution in [1.82, 2.24) is 19.3 Å². The van der Waals surface area contributed by atoms with Gasteiger partial charge >= 0.3 is 0 Å². The number of aryl methyl sites for hydroxylation is 2. The standard InChI is InChI=1S/C22H20F3N5/c1-11-27-28-21-22(2,3)26-15-10-14(23)17(18(20(24)25)19(15)30(11)21)13-6-5-7-16-12(13)8-9-29(16)4/h5-10,20,26H,1-4H3. The lowest BCUT2D eigenvalue weighted by molar-refractivity contribution is 0.151. The Morgan fingerprint density at radius 1 is 1.13 bits per heavy atom. The molecule has 154 valence electrons. The van der Waals surface area contributed by atoms with Gasteiger partial charge in [0.25, 0.3) is 6.43 Å². The molecule has 0 saturated carbocycles. The molecule has 1 aliphatic rings. The Bertz CT molecular complexity index is 1320. The first-order valence-electron chi connectivity index (χ1n) is 9.60. The lowest BCUT2D eigenvalue weighted by Gasteiger charge is -2.35. The summed E-state index contributed by atoms with van der Waals surface area (Å²) >= 11 is 0. The highest BCUT2D eigenvalue weighted by atomic mass is 19.3. The second-order valence-electron chi connectivity index (χ2n) is 8.17. The van der Waals surface area contributed by atoms with Gasteiger partial charge in [-0.2, -0.15) is 0 Å². The van der Waals surface area contributed by atoms with Crippen molar-refractivity contribution in [2.45, 2.75) is 32.7 Å². The zero-order chi connectivity index (χ0) is 21.4. The lowest BCUT2D eigenvalue weighted by atomic mass is 9.91. The number of hydrogen-bond donors (Lipinski definition) is 1. The van der Waals surface area contributed by atoms with E-state index in [4.69, 9.17) is 0 Å². The van der Waals surface area contributed by atoms with E-state index in [9.17, 15) is 8.78 Å². The van der Waals surface area contributed by atoms with E-state index in [1.165, 1.54) is 6.07 Å². The maximum Gasteiger partial charge on any atom is 0.266 e. The van der Waals surface area contributed by atoms with E-state index in [1.807, 2.05) is 43.8 Å². The Labute approximate surface area is 171 Å². The van der Waals surface area contributed by atoms with Crippen LogP contribution >= 0.6 is 0 Å². The fourth-order valence-electron chi connectivity index (χ4n) is 4.43. The highest BCUT2D eigenvalue weighted by molar-refractivity contribution is 5.98. The van der Waals surface area contributed by atoms with E-state index >= 15 is 4.39 Å². The number of aromatic nitrogens is 4. The molecule has 0 aliphatic carbocycles. The molecule has 3 heterocycles. The maximum atomic E-state index is 15.5. The molecule has 1 aliphatic heterocycles. The van der Waals surface area contributed by atoms with Crippen LogP contribution in [0.5, 0.6) is 0 Å². The number of halogens is 3. The van der Waals surface area contributed by atoms with E-state index in [0.717, 1.165) is 5.52 Å². The van der Waals surface area contributed by atoms with Gasteiger partial charge in [0, 0.05) is 29.7 Å². The summed E-state index contributed by atoms with van der Waals surface area (Å²) in [5, 5.41) is 12.2. The van der Waals surface area contributed by atoms with E-state index in [2.05, 4.69) is 15.5 Å². The number of hydrogen-bond acceptors (Lipinski definition) is 3. The average Bonchev–Trinajstić information content (AvgIpc) is 3.24. The summed E-state index contributed by atoms with van der Waals surface area (Å²) < 4.78 is 48.1. The van der Waals surface area contributed by atoms with Crippen LogP contribution in [-0.2, 0) is 12.6 Å². The van der Waals surface area contributed by atoms with Crippen molar-refractivity contribution < 1.29 is 13.2 Å². The van der Waals surface area contributed by atoms with Crippen LogP contribution < -0.4 is 5.32 Å². The monoisotopic (exact) mass is 411 g/mol. The summed E-state index contributed by atoms with van der Waals surface area (Å²) in [6.07, 6.45) is -1.07. The third-order valence-electron chi connectivity index (χ3n) is 5.76. The van der Waals surface area contributed by atoms with E-state index in [-0.39, 0.29) is 16.8 Å². The van der Waals surface area contributed by atoms with Crippen molar-refractivity contribution in [3.63, 3.8) is 0 Å². The Hall–Kier alpha value is -3.29. The summed E-state index contributed by atoms with van der Waals surface area (Å²) in [6.45, 7) is 5.42. The smallest absolute Gasteiger partial charge is 0.266 e. The molecule has 2 aromatic carbocycles. The maximum absolute atomic E-state index is 15.5. The normalized spacial score (nSPS) is 14.7. The zero-order valence-corrected chi connectivity index (χ0v) is 17.0. The molecular formula is C22H20F3N5. The van der Waals surface area contributed by atoms with Gasteiger partial charge in [0.2, 0.25) is 0 Å². The Morgan fingerprint density at radius 3 is 2.63 bits per heavy atom. The topological polar surface area (TPSA) is 47.7 Å². The molecular weight excluding hydrogens is 391 g/mol. The van der Waals surface area contributed by atoms with Gasteiger partial charge in [0.15, 0.2) is 5.82 Å². The highest BCUT2D eigenvalue weighted by Crippen LogP contribution is 2.47. The van der Waals surface area contributed by atoms with Gasteiger partial charge in [-0.05, 0) is 44.5 Å². The lowest BCUT2D eigenvalue weighted by Crippen LogP contribution is -2.36. The number of nitrogens with one attached hydrogen (secondary N) is 1. The van der Waals surface area contributed by atoms with Crippen LogP contribution in [-0.4, -0.2) is 19.3 Å². The van der Waals surface area contributed by atoms with Crippen molar-refractivity contribution in [2.24, 2.45) is 7.05 Å². The minimum atomic E-state index is -2.90. The molecule has 0 saturated heterocycles. The largest absolute Gasteiger partial charge is 0.371 e. The van der Waals surface area contributed by atoms with Crippen molar-refractivity contribution >= 4 is 16.6 Å². The van der Waals surface area contributed by atoms with Crippen LogP contribution in [0.3, 0.4) is 0 Å². The van der Waals surface area contributed by atoms with Gasteiger partial charge < -0.3 is 9.88 Å². The Kier molecular flexibility index (Phi) is 3.81. The average molecular weight is 411 g/mol. The van der Waals surface area contributed by atoms with Gasteiger partial charge in [-0.3, -0.25) is 4.57 Å². The zero-order valence-electron chi connectivity index (χ0n) is 17.0. The molecule has 1 N–H and O–H groups in total. The van der Waals surface area contributed by atoms with Crippen LogP contribution in [0.1, 0.15) is 37.5 Å². The molecule has 0 spiro atoms. The Morgan fingerprint density at radius 2 is 1.90 bits per heavy atom. The SMILES string of the molecule is Cc1nnc2n1-c1c(cc(F)c(-c3cccc4c3ccn4C)c1C(F)F)NC2(C)C. The minimum absolute atomic E-state index is 0.0962. The summed E-state index contributed by atoms with van der Waals surface area (Å²) in [6, 6.07) is 8.42. The van der Waals surface area contributed by atoms with E-state index in [1.54, 1.807) is 23.6 Å². The molecule has 4 aromatic rings. The third-order valence-corrected chi connectivity index (χ3v) is 5.76. The molecule has 5 rings (SSSR count). The Balaban J connectivity index is 1.92. The fraction of sp³-hybridized carbons (Fsp3) is 0.273. The number of nitrogens with zero attached hydrogens (tertiary/aromatic N) is 4. The molecule has 30 heavy (non-hydrogen) atoms. The first kappa shape index (κ1) is 18.7. The molecule has 0 bridgehead atoms. The molecule has 0 radical (unpaired) electrons. The predicted octanol–water partition coefficient (Wildman–Crippen LogP) is 5.47. The van der Waals surface area contributed by atoms with Crippen molar-refractivity contribution in [1.29, 1.82) is 0 Å². The summed E-state index contributed by atoms with van der Waals surface area (Å²) in [4.78, 5) is 0. The van der Waals surface area contributed by atoms with Crippen LogP contribution in [0.25, 0.3) is 27.7 Å². The van der Waals surface area contributed by atoms with Gasteiger partial charge in [-0.25, -0.2) is 13.2 Å². The second kappa shape index (κ2) is 6.10. The van der Waals surface area contributed by atoms with E-state index < -0.39 is 17.8 Å². The van der Waals surface area contributed by atoms with Gasteiger partial charge in [0.05, 0.1) is 22.5 Å². The van der Waals surface area contributed by atoms with Crippen LogP contribution in [0.4, 0.5) is 18.9 Å². The van der Waals surface area contributed by atoms with Gasteiger partial charge in [-0.1, -0.05) is 12.1 Å². The number of rotatable bonds is 2. The first-order valence-corrected chi connectivity index (χ1v) is 9.60. The van der Waals surface area contributed by atoms with Gasteiger partial charge in [-0.15, -0.1) is 10.2 Å². The predicted molar refractivity (Wildman–Crippen MR) is 110 cm³/mol. The fourth-order valence-corrected chi connectivity index (χ4v) is 4.43. The molecule has 8 heteroatoms. The van der Waals surface area contributed by atoms with E-state index in [0.29, 0.717) is 28.3 Å². The summed E-state index contributed by atoms with van der Waals surface area (Å²) in [5.41, 5.74) is 0.611. The quantitative estimate of drug-likeness (QED) is 0.476. The number of alkyl halides is 2. The van der Waals surface area contributed by atoms with Gasteiger partial charge in [0.1, 0.15) is 11.6 Å². The minimum Gasteiger partial charge on any atom is -0.371 e. The molecule has 0 amide bonds. The van der Waals surface area contributed by atoms with Crippen molar-refractivity contribution in [3.05, 3.63) is 59.6 Å². The number of anilines is 1. The number of fused-ring (bicyclic) bond motifs is 4. The van der Waals surface area contributed by atoms with Crippen molar-refractivity contribution in [3.8, 4) is 16.8 Å². The second-order valence-corrected chi connectivity index (χ2v) is 8.17. The highest BCUT2D eigenvalue weighted by Gasteiger charge is 2.38. The number of benzene rings is 2.